The van der Waals surface area contributed by atoms with Crippen molar-refractivity contribution in [3.05, 3.63) is 34.4 Å². The molecule has 0 radical (unpaired) electrons. The van der Waals surface area contributed by atoms with Gasteiger partial charge in [0, 0.05) is 12.0 Å². The highest BCUT2D eigenvalue weighted by molar-refractivity contribution is 6.00. The Labute approximate surface area is 110 Å². The molecule has 0 atom stereocenters. The molecule has 0 aliphatic heterocycles. The fourth-order valence-corrected chi connectivity index (χ4v) is 4.18. The van der Waals surface area contributed by atoms with Gasteiger partial charge in [-0.15, -0.1) is 0 Å². The second kappa shape index (κ2) is 3.46. The van der Waals surface area contributed by atoms with Gasteiger partial charge in [0.15, 0.2) is 5.78 Å². The molecule has 18 heavy (non-hydrogen) atoms. The number of carbonyl (C=O) groups is 1. The molecular formula is C17H22O. The van der Waals surface area contributed by atoms with E-state index in [0.29, 0.717) is 17.6 Å². The van der Waals surface area contributed by atoms with E-state index < -0.39 is 0 Å². The van der Waals surface area contributed by atoms with Crippen LogP contribution in [0.15, 0.2) is 12.1 Å². The summed E-state index contributed by atoms with van der Waals surface area (Å²) in [5.41, 5.74) is 5.75. The Morgan fingerprint density at radius 1 is 1.00 bits per heavy atom. The Bertz CT molecular complexity index is 535. The minimum Gasteiger partial charge on any atom is -0.294 e. The SMILES string of the molecule is CC1(C)Cc2cc3c(cc2C(C)(C)C1)CCC3=O. The number of ketones is 1. The van der Waals surface area contributed by atoms with Gasteiger partial charge in [-0.3, -0.25) is 4.79 Å². The van der Waals surface area contributed by atoms with Crippen molar-refractivity contribution in [1.29, 1.82) is 0 Å². The molecule has 1 heteroatoms. The molecule has 0 saturated carbocycles. The largest absolute Gasteiger partial charge is 0.294 e. The quantitative estimate of drug-likeness (QED) is 0.670. The molecule has 0 fully saturated rings. The van der Waals surface area contributed by atoms with Crippen LogP contribution in [-0.4, -0.2) is 5.78 Å². The first-order valence-corrected chi connectivity index (χ1v) is 6.98. The molecule has 0 amide bonds. The van der Waals surface area contributed by atoms with E-state index in [2.05, 4.69) is 39.8 Å². The monoisotopic (exact) mass is 242 g/mol. The number of hydrogen-bond acceptors (Lipinski definition) is 1. The van der Waals surface area contributed by atoms with Gasteiger partial charge in [-0.1, -0.05) is 33.8 Å². The van der Waals surface area contributed by atoms with Gasteiger partial charge >= 0.3 is 0 Å². The van der Waals surface area contributed by atoms with Gasteiger partial charge in [0.1, 0.15) is 0 Å². The Hall–Kier alpha value is -1.11. The average molecular weight is 242 g/mol. The second-order valence-corrected chi connectivity index (χ2v) is 7.49. The third kappa shape index (κ3) is 1.72. The van der Waals surface area contributed by atoms with Crippen molar-refractivity contribution in [3.63, 3.8) is 0 Å². The fraction of sp³-hybridized carbons (Fsp3) is 0.588. The highest BCUT2D eigenvalue weighted by Gasteiger charge is 2.38. The van der Waals surface area contributed by atoms with Crippen LogP contribution in [0.1, 0.15) is 67.6 Å². The van der Waals surface area contributed by atoms with Gasteiger partial charge in [-0.25, -0.2) is 0 Å². The molecule has 1 aromatic rings. The summed E-state index contributed by atoms with van der Waals surface area (Å²) in [5.74, 6) is 0.342. The van der Waals surface area contributed by atoms with Gasteiger partial charge in [0.05, 0.1) is 0 Å². The molecular weight excluding hydrogens is 220 g/mol. The van der Waals surface area contributed by atoms with Crippen LogP contribution in [0.3, 0.4) is 0 Å². The average Bonchev–Trinajstić information content (AvgIpc) is 2.55. The topological polar surface area (TPSA) is 17.1 Å². The number of carbonyl (C=O) groups excluding carboxylic acids is 1. The molecule has 0 unspecified atom stereocenters. The van der Waals surface area contributed by atoms with E-state index in [9.17, 15) is 4.79 Å². The van der Waals surface area contributed by atoms with Crippen molar-refractivity contribution < 1.29 is 4.79 Å². The van der Waals surface area contributed by atoms with E-state index in [1.165, 1.54) is 23.1 Å². The summed E-state index contributed by atoms with van der Waals surface area (Å²) in [5, 5.41) is 0. The van der Waals surface area contributed by atoms with Crippen LogP contribution in [0.4, 0.5) is 0 Å². The van der Waals surface area contributed by atoms with Crippen LogP contribution >= 0.6 is 0 Å². The van der Waals surface area contributed by atoms with E-state index in [4.69, 9.17) is 0 Å². The third-order valence-corrected chi connectivity index (χ3v) is 4.57. The lowest BCUT2D eigenvalue weighted by molar-refractivity contribution is 0.0994. The van der Waals surface area contributed by atoms with Gasteiger partial charge in [-0.2, -0.15) is 0 Å². The molecule has 0 saturated heterocycles. The van der Waals surface area contributed by atoms with Crippen LogP contribution in [0.2, 0.25) is 0 Å². The molecule has 2 aliphatic rings. The number of Topliss-reactive ketones (excluding diaryl/α,β-unsaturated/α-hetero) is 1. The minimum absolute atomic E-state index is 0.234. The molecule has 3 rings (SSSR count). The number of benzene rings is 1. The molecule has 1 nitrogen and oxygen atoms in total. The zero-order chi connectivity index (χ0) is 13.1. The molecule has 2 aliphatic carbocycles. The van der Waals surface area contributed by atoms with Crippen LogP contribution in [0, 0.1) is 5.41 Å². The normalized spacial score (nSPS) is 23.7. The molecule has 0 N–H and O–H groups in total. The van der Waals surface area contributed by atoms with Crippen molar-refractivity contribution in [2.75, 3.05) is 0 Å². The lowest BCUT2D eigenvalue weighted by Crippen LogP contribution is -2.35. The Morgan fingerprint density at radius 3 is 2.44 bits per heavy atom. The zero-order valence-electron chi connectivity index (χ0n) is 11.9. The van der Waals surface area contributed by atoms with Gasteiger partial charge < -0.3 is 0 Å². The molecule has 0 aromatic heterocycles. The Balaban J connectivity index is 2.19. The predicted octanol–water partition coefficient (Wildman–Crippen LogP) is 4.07. The molecule has 0 heterocycles. The first kappa shape index (κ1) is 12.0. The summed E-state index contributed by atoms with van der Waals surface area (Å²) in [6.07, 6.45) is 3.98. The smallest absolute Gasteiger partial charge is 0.163 e. The Morgan fingerprint density at radius 2 is 1.72 bits per heavy atom. The van der Waals surface area contributed by atoms with Crippen molar-refractivity contribution >= 4 is 5.78 Å². The maximum atomic E-state index is 11.9. The van der Waals surface area contributed by atoms with E-state index in [0.717, 1.165) is 18.4 Å². The van der Waals surface area contributed by atoms with E-state index in [1.807, 2.05) is 0 Å². The third-order valence-electron chi connectivity index (χ3n) is 4.57. The molecule has 1 aromatic carbocycles. The highest BCUT2D eigenvalue weighted by Crippen LogP contribution is 2.46. The van der Waals surface area contributed by atoms with E-state index >= 15 is 0 Å². The number of hydrogen-bond donors (Lipinski definition) is 0. The molecule has 96 valence electrons. The lowest BCUT2D eigenvalue weighted by Gasteiger charge is -2.42. The lowest BCUT2D eigenvalue weighted by atomic mass is 9.62. The van der Waals surface area contributed by atoms with E-state index in [-0.39, 0.29) is 5.41 Å². The van der Waals surface area contributed by atoms with Crippen LogP contribution in [-0.2, 0) is 18.3 Å². The molecule has 0 spiro atoms. The number of fused-ring (bicyclic) bond motifs is 2. The van der Waals surface area contributed by atoms with Crippen molar-refractivity contribution in [3.8, 4) is 0 Å². The summed E-state index contributed by atoms with van der Waals surface area (Å²) >= 11 is 0. The van der Waals surface area contributed by atoms with Gasteiger partial charge in [-0.05, 0) is 52.8 Å². The number of aryl methyl sites for hydroxylation is 1. The predicted molar refractivity (Wildman–Crippen MR) is 74.2 cm³/mol. The fourth-order valence-electron chi connectivity index (χ4n) is 4.18. The summed E-state index contributed by atoms with van der Waals surface area (Å²) in [7, 11) is 0. The standard InChI is InChI=1S/C17H22O/c1-16(2)9-12-7-13-11(5-6-15(13)18)8-14(12)17(3,4)10-16/h7-8H,5-6,9-10H2,1-4H3. The highest BCUT2D eigenvalue weighted by atomic mass is 16.1. The summed E-state index contributed by atoms with van der Waals surface area (Å²) in [6, 6.07) is 4.52. The Kier molecular flexibility index (Phi) is 2.30. The van der Waals surface area contributed by atoms with Crippen LogP contribution < -0.4 is 0 Å². The zero-order valence-corrected chi connectivity index (χ0v) is 11.9. The van der Waals surface area contributed by atoms with Gasteiger partial charge in [0.2, 0.25) is 0 Å². The van der Waals surface area contributed by atoms with E-state index in [1.54, 1.807) is 0 Å². The minimum atomic E-state index is 0.234. The van der Waals surface area contributed by atoms with Crippen LogP contribution in [0.5, 0.6) is 0 Å². The first-order chi connectivity index (χ1) is 8.28. The van der Waals surface area contributed by atoms with Crippen molar-refractivity contribution in [1.82, 2.24) is 0 Å². The van der Waals surface area contributed by atoms with Crippen LogP contribution in [0.25, 0.3) is 0 Å². The molecule has 0 bridgehead atoms. The summed E-state index contributed by atoms with van der Waals surface area (Å²) in [6.45, 7) is 9.37. The second-order valence-electron chi connectivity index (χ2n) is 7.49. The van der Waals surface area contributed by atoms with Gasteiger partial charge in [0.25, 0.3) is 0 Å². The summed E-state index contributed by atoms with van der Waals surface area (Å²) in [4.78, 5) is 11.9. The maximum Gasteiger partial charge on any atom is 0.163 e. The van der Waals surface area contributed by atoms with Crippen molar-refractivity contribution in [2.45, 2.75) is 58.8 Å². The maximum absolute atomic E-state index is 11.9. The first-order valence-electron chi connectivity index (χ1n) is 6.98. The van der Waals surface area contributed by atoms with Crippen molar-refractivity contribution in [2.24, 2.45) is 5.41 Å². The summed E-state index contributed by atoms with van der Waals surface area (Å²) < 4.78 is 0. The number of rotatable bonds is 0.